The van der Waals surface area contributed by atoms with Gasteiger partial charge in [-0.1, -0.05) is 37.6 Å². The van der Waals surface area contributed by atoms with Crippen LogP contribution in [0.4, 0.5) is 0 Å². The Labute approximate surface area is 171 Å². The van der Waals surface area contributed by atoms with E-state index in [4.69, 9.17) is 0 Å². The molecule has 0 aliphatic heterocycles. The second kappa shape index (κ2) is 6.45. The maximum Gasteiger partial charge on any atom is 0.0737 e. The normalized spacial score (nSPS) is 53.8. The fraction of sp³-hybridized carbons (Fsp3) is 0.846. The van der Waals surface area contributed by atoms with E-state index in [0.717, 1.165) is 38.5 Å². The molecule has 5 aliphatic carbocycles. The van der Waals surface area contributed by atoms with Crippen LogP contribution >= 0.6 is 0 Å². The fourth-order valence-corrected chi connectivity index (χ4v) is 9.00. The van der Waals surface area contributed by atoms with Gasteiger partial charge in [0.05, 0.1) is 11.7 Å². The van der Waals surface area contributed by atoms with E-state index in [1.54, 1.807) is 5.57 Å². The van der Waals surface area contributed by atoms with E-state index in [9.17, 15) is 10.2 Å². The summed E-state index contributed by atoms with van der Waals surface area (Å²) in [4.78, 5) is 0. The van der Waals surface area contributed by atoms with Crippen molar-refractivity contribution in [3.8, 4) is 0 Å². The van der Waals surface area contributed by atoms with Gasteiger partial charge in [-0.15, -0.1) is 0 Å². The number of rotatable bonds is 1. The Bertz CT molecular complexity index is 695. The van der Waals surface area contributed by atoms with Gasteiger partial charge in [0, 0.05) is 5.41 Å². The molecule has 0 spiro atoms. The van der Waals surface area contributed by atoms with Crippen molar-refractivity contribution in [1.29, 1.82) is 0 Å². The molecule has 0 aromatic heterocycles. The van der Waals surface area contributed by atoms with E-state index >= 15 is 0 Å². The Morgan fingerprint density at radius 2 is 1.79 bits per heavy atom. The molecule has 28 heavy (non-hydrogen) atoms. The average Bonchev–Trinajstić information content (AvgIpc) is 2.94. The van der Waals surface area contributed by atoms with E-state index in [0.29, 0.717) is 29.1 Å². The van der Waals surface area contributed by atoms with Gasteiger partial charge in [0.1, 0.15) is 0 Å². The third-order valence-corrected chi connectivity index (χ3v) is 10.6. The Morgan fingerprint density at radius 3 is 2.57 bits per heavy atom. The zero-order valence-electron chi connectivity index (χ0n) is 18.1. The molecule has 0 amide bonds. The van der Waals surface area contributed by atoms with Gasteiger partial charge >= 0.3 is 0 Å². The molecule has 4 saturated carbocycles. The molecule has 0 saturated heterocycles. The Morgan fingerprint density at radius 1 is 0.964 bits per heavy atom. The summed E-state index contributed by atoms with van der Waals surface area (Å²) in [5, 5.41) is 22.5. The lowest BCUT2D eigenvalue weighted by Crippen LogP contribution is -2.62. The molecular formula is C26H40O2. The highest BCUT2D eigenvalue weighted by Gasteiger charge is 2.67. The monoisotopic (exact) mass is 384 g/mol. The van der Waals surface area contributed by atoms with Gasteiger partial charge in [0.2, 0.25) is 0 Å². The van der Waals surface area contributed by atoms with Crippen molar-refractivity contribution in [2.24, 2.45) is 34.5 Å². The minimum Gasteiger partial charge on any atom is -0.393 e. The molecule has 2 heteroatoms. The van der Waals surface area contributed by atoms with E-state index in [2.05, 4.69) is 26.5 Å². The van der Waals surface area contributed by atoms with Crippen LogP contribution in [0.3, 0.4) is 0 Å². The number of aliphatic hydroxyl groups is 2. The lowest BCUT2D eigenvalue weighted by atomic mass is 9.43. The second-order valence-corrected chi connectivity index (χ2v) is 11.6. The Kier molecular flexibility index (Phi) is 4.46. The molecule has 5 rings (SSSR count). The summed E-state index contributed by atoms with van der Waals surface area (Å²) in [6.07, 6.45) is 16.0. The largest absolute Gasteiger partial charge is 0.393 e. The van der Waals surface area contributed by atoms with Crippen LogP contribution in [0.2, 0.25) is 0 Å². The van der Waals surface area contributed by atoms with Crippen molar-refractivity contribution in [2.45, 2.75) is 103 Å². The van der Waals surface area contributed by atoms with Crippen LogP contribution in [0.1, 0.15) is 90.9 Å². The Hall–Kier alpha value is -0.600. The van der Waals surface area contributed by atoms with Gasteiger partial charge in [-0.2, -0.15) is 0 Å². The first-order valence-electron chi connectivity index (χ1n) is 12.1. The first kappa shape index (κ1) is 19.4. The minimum atomic E-state index is -0.496. The fourth-order valence-electron chi connectivity index (χ4n) is 9.00. The van der Waals surface area contributed by atoms with Gasteiger partial charge in [0.15, 0.2) is 0 Å². The van der Waals surface area contributed by atoms with Crippen LogP contribution < -0.4 is 0 Å². The number of allylic oxidation sites excluding steroid dienone is 3. The molecule has 2 N–H and O–H groups in total. The van der Waals surface area contributed by atoms with Gasteiger partial charge in [-0.05, 0) is 106 Å². The van der Waals surface area contributed by atoms with E-state index < -0.39 is 5.60 Å². The predicted molar refractivity (Wildman–Crippen MR) is 114 cm³/mol. The molecular weight excluding hydrogens is 344 g/mol. The summed E-state index contributed by atoms with van der Waals surface area (Å²) >= 11 is 0. The van der Waals surface area contributed by atoms with Gasteiger partial charge < -0.3 is 10.2 Å². The van der Waals surface area contributed by atoms with Crippen molar-refractivity contribution in [1.82, 2.24) is 0 Å². The molecule has 8 atom stereocenters. The standard InChI is InChI=1S/C26H40O2/c1-17-5-4-6-18(15-17)21-11-14-26(28)23-8-7-19-16-20(27)9-12-24(19,2)22(23)10-13-25(21,26)3/h15,19-23,27-28H,1,4-14,16H2,2-3H3/t19-,20+,21-,22?,23?,24+,25-,26+/m1/s1. The van der Waals surface area contributed by atoms with Gasteiger partial charge in [-0.25, -0.2) is 0 Å². The number of fused-ring (bicyclic) bond motifs is 5. The smallest absolute Gasteiger partial charge is 0.0737 e. The number of hydrogen-bond acceptors (Lipinski definition) is 2. The van der Waals surface area contributed by atoms with Crippen LogP contribution in [-0.4, -0.2) is 21.9 Å². The Balaban J connectivity index is 1.46. The average molecular weight is 385 g/mol. The SMILES string of the molecule is C=C1C=C([C@H]2CC[C@]3(O)C4CC[C@@H]5C[C@@H](O)CC[C@]5(C)C4CC[C@]23C)CCC1. The van der Waals surface area contributed by atoms with Crippen molar-refractivity contribution in [3.63, 3.8) is 0 Å². The lowest BCUT2D eigenvalue weighted by molar-refractivity contribution is -0.208. The minimum absolute atomic E-state index is 0.0367. The second-order valence-electron chi connectivity index (χ2n) is 11.6. The molecule has 0 aromatic carbocycles. The van der Waals surface area contributed by atoms with E-state index in [-0.39, 0.29) is 11.5 Å². The number of hydrogen-bond donors (Lipinski definition) is 2. The van der Waals surface area contributed by atoms with Crippen LogP contribution in [0, 0.1) is 34.5 Å². The lowest BCUT2D eigenvalue weighted by Gasteiger charge is -2.63. The van der Waals surface area contributed by atoms with Crippen LogP contribution in [-0.2, 0) is 0 Å². The third kappa shape index (κ3) is 2.52. The van der Waals surface area contributed by atoms with Crippen molar-refractivity contribution in [3.05, 3.63) is 23.8 Å². The summed E-state index contributed by atoms with van der Waals surface area (Å²) in [7, 11) is 0. The quantitative estimate of drug-likeness (QED) is 0.601. The highest BCUT2D eigenvalue weighted by Crippen LogP contribution is 2.70. The molecule has 2 nitrogen and oxygen atoms in total. The zero-order chi connectivity index (χ0) is 19.7. The van der Waals surface area contributed by atoms with Crippen LogP contribution in [0.25, 0.3) is 0 Å². The molecule has 4 fully saturated rings. The van der Waals surface area contributed by atoms with E-state index in [1.165, 1.54) is 44.1 Å². The topological polar surface area (TPSA) is 40.5 Å². The zero-order valence-corrected chi connectivity index (χ0v) is 18.1. The first-order valence-corrected chi connectivity index (χ1v) is 12.1. The number of aliphatic hydroxyl groups excluding tert-OH is 1. The molecule has 0 bridgehead atoms. The molecule has 156 valence electrons. The molecule has 0 heterocycles. The van der Waals surface area contributed by atoms with Crippen molar-refractivity contribution < 1.29 is 10.2 Å². The summed E-state index contributed by atoms with van der Waals surface area (Å²) < 4.78 is 0. The molecule has 0 aromatic rings. The van der Waals surface area contributed by atoms with Crippen LogP contribution in [0.5, 0.6) is 0 Å². The maximum absolute atomic E-state index is 12.3. The maximum atomic E-state index is 12.3. The third-order valence-electron chi connectivity index (χ3n) is 10.6. The van der Waals surface area contributed by atoms with E-state index in [1.807, 2.05) is 0 Å². The van der Waals surface area contributed by atoms with Crippen molar-refractivity contribution >= 4 is 0 Å². The first-order chi connectivity index (χ1) is 13.3. The summed E-state index contributed by atoms with van der Waals surface area (Å²) in [5.74, 6) is 2.31. The van der Waals surface area contributed by atoms with Gasteiger partial charge in [0.25, 0.3) is 0 Å². The highest BCUT2D eigenvalue weighted by molar-refractivity contribution is 5.31. The summed E-state index contributed by atoms with van der Waals surface area (Å²) in [6.45, 7) is 9.18. The summed E-state index contributed by atoms with van der Waals surface area (Å²) in [6, 6.07) is 0. The van der Waals surface area contributed by atoms with Crippen molar-refractivity contribution in [2.75, 3.05) is 0 Å². The highest BCUT2D eigenvalue weighted by atomic mass is 16.3. The van der Waals surface area contributed by atoms with Gasteiger partial charge in [-0.3, -0.25) is 0 Å². The van der Waals surface area contributed by atoms with Crippen LogP contribution in [0.15, 0.2) is 23.8 Å². The molecule has 0 radical (unpaired) electrons. The predicted octanol–water partition coefficient (Wildman–Crippen LogP) is 5.79. The summed E-state index contributed by atoms with van der Waals surface area (Å²) in [5.41, 5.74) is 2.76. The molecule has 5 aliphatic rings. The molecule has 2 unspecified atom stereocenters.